The third-order valence-electron chi connectivity index (χ3n) is 5.75. The predicted molar refractivity (Wildman–Crippen MR) is 121 cm³/mol. The van der Waals surface area contributed by atoms with Crippen molar-refractivity contribution in [3.8, 4) is 11.1 Å². The zero-order chi connectivity index (χ0) is 23.3. The van der Waals surface area contributed by atoms with Gasteiger partial charge in [-0.05, 0) is 35.1 Å². The monoisotopic (exact) mass is 438 g/mol. The number of benzene rings is 2. The summed E-state index contributed by atoms with van der Waals surface area (Å²) in [6.07, 6.45) is -0.692. The van der Waals surface area contributed by atoms with Crippen molar-refractivity contribution in [2.45, 2.75) is 51.6 Å². The van der Waals surface area contributed by atoms with Crippen LogP contribution in [0.25, 0.3) is 11.1 Å². The Balaban J connectivity index is 1.52. The fourth-order valence-corrected chi connectivity index (χ4v) is 4.08. The van der Waals surface area contributed by atoms with Crippen LogP contribution in [-0.2, 0) is 14.3 Å². The maximum Gasteiger partial charge on any atom is 0.407 e. The normalized spacial score (nSPS) is 14.2. The Morgan fingerprint density at radius 3 is 2.00 bits per heavy atom. The van der Waals surface area contributed by atoms with E-state index < -0.39 is 24.1 Å². The number of alkyl carbamates (subject to hydrolysis) is 1. The van der Waals surface area contributed by atoms with Gasteiger partial charge in [-0.2, -0.15) is 0 Å². The summed E-state index contributed by atoms with van der Waals surface area (Å²) in [6.45, 7) is 5.62. The van der Waals surface area contributed by atoms with Crippen LogP contribution in [0.1, 0.15) is 50.7 Å². The van der Waals surface area contributed by atoms with Crippen molar-refractivity contribution in [2.75, 3.05) is 6.61 Å². The Morgan fingerprint density at radius 2 is 1.47 bits per heavy atom. The zero-order valence-corrected chi connectivity index (χ0v) is 18.6. The molecular weight excluding hydrogens is 408 g/mol. The number of amides is 2. The number of hydrogen-bond acceptors (Lipinski definition) is 4. The van der Waals surface area contributed by atoms with Gasteiger partial charge in [0, 0.05) is 24.4 Å². The van der Waals surface area contributed by atoms with E-state index in [2.05, 4.69) is 34.9 Å². The van der Waals surface area contributed by atoms with Gasteiger partial charge in [-0.25, -0.2) is 4.79 Å². The fourth-order valence-electron chi connectivity index (χ4n) is 4.08. The first kappa shape index (κ1) is 23.3. The molecule has 0 spiro atoms. The molecule has 3 rings (SSSR count). The minimum absolute atomic E-state index is 0.0135. The number of nitrogens with one attached hydrogen (secondary N) is 2. The highest BCUT2D eigenvalue weighted by Crippen LogP contribution is 2.44. The second kappa shape index (κ2) is 10.3. The second-order valence-electron chi connectivity index (χ2n) is 8.59. The van der Waals surface area contributed by atoms with E-state index in [1.54, 1.807) is 6.92 Å². The van der Waals surface area contributed by atoms with Gasteiger partial charge in [-0.15, -0.1) is 0 Å². The molecule has 0 saturated carbocycles. The molecule has 32 heavy (non-hydrogen) atoms. The van der Waals surface area contributed by atoms with E-state index in [9.17, 15) is 14.4 Å². The molecule has 0 unspecified atom stereocenters. The number of rotatable bonds is 9. The third kappa shape index (κ3) is 5.66. The summed E-state index contributed by atoms with van der Waals surface area (Å²) < 4.78 is 5.50. The molecule has 2 aromatic rings. The quantitative estimate of drug-likeness (QED) is 0.550. The molecule has 0 aliphatic heterocycles. The molecule has 0 heterocycles. The Bertz CT molecular complexity index is 942. The standard InChI is InChI=1S/C25H30N2O5/c1-15(2)22(13-24(29)30)27-23(28)12-16(3)26-25(31)32-14-21-19-10-6-4-8-17(19)18-9-5-7-11-20(18)21/h4-11,15-16,21-22H,12-14H2,1-3H3,(H,26,31)(H,27,28)(H,29,30)/t16-,22-/m1/s1. The van der Waals surface area contributed by atoms with Crippen LogP contribution < -0.4 is 10.6 Å². The second-order valence-corrected chi connectivity index (χ2v) is 8.59. The van der Waals surface area contributed by atoms with E-state index in [0.717, 1.165) is 22.3 Å². The van der Waals surface area contributed by atoms with Gasteiger partial charge in [0.1, 0.15) is 6.61 Å². The van der Waals surface area contributed by atoms with Crippen LogP contribution in [0.4, 0.5) is 4.79 Å². The number of carbonyl (C=O) groups is 3. The topological polar surface area (TPSA) is 105 Å². The molecule has 0 radical (unpaired) electrons. The van der Waals surface area contributed by atoms with Gasteiger partial charge in [0.05, 0.1) is 6.42 Å². The number of aliphatic carboxylic acids is 1. The molecule has 1 aliphatic rings. The predicted octanol–water partition coefficient (Wildman–Crippen LogP) is 3.92. The van der Waals surface area contributed by atoms with Crippen molar-refractivity contribution in [2.24, 2.45) is 5.92 Å². The van der Waals surface area contributed by atoms with E-state index in [1.165, 1.54) is 0 Å². The van der Waals surface area contributed by atoms with E-state index in [0.29, 0.717) is 0 Å². The van der Waals surface area contributed by atoms with Crippen molar-refractivity contribution in [1.29, 1.82) is 0 Å². The third-order valence-corrected chi connectivity index (χ3v) is 5.75. The number of carboxylic acids is 1. The van der Waals surface area contributed by atoms with E-state index in [4.69, 9.17) is 9.84 Å². The highest BCUT2D eigenvalue weighted by Gasteiger charge is 2.29. The molecular formula is C25H30N2O5. The number of hydrogen-bond donors (Lipinski definition) is 3. The molecule has 7 nitrogen and oxygen atoms in total. The van der Waals surface area contributed by atoms with Crippen LogP contribution in [0.2, 0.25) is 0 Å². The Morgan fingerprint density at radius 1 is 0.906 bits per heavy atom. The first-order valence-electron chi connectivity index (χ1n) is 10.9. The van der Waals surface area contributed by atoms with E-state index in [-0.39, 0.29) is 37.2 Å². The molecule has 0 bridgehead atoms. The molecule has 7 heteroatoms. The van der Waals surface area contributed by atoms with E-state index >= 15 is 0 Å². The van der Waals surface area contributed by atoms with Crippen molar-refractivity contribution < 1.29 is 24.2 Å². The molecule has 1 aliphatic carbocycles. The van der Waals surface area contributed by atoms with Crippen LogP contribution in [0, 0.1) is 5.92 Å². The lowest BCUT2D eigenvalue weighted by molar-refractivity contribution is -0.138. The number of fused-ring (bicyclic) bond motifs is 3. The largest absolute Gasteiger partial charge is 0.481 e. The fraction of sp³-hybridized carbons (Fsp3) is 0.400. The van der Waals surface area contributed by atoms with Crippen molar-refractivity contribution in [3.63, 3.8) is 0 Å². The highest BCUT2D eigenvalue weighted by atomic mass is 16.5. The summed E-state index contributed by atoms with van der Waals surface area (Å²) in [4.78, 5) is 35.6. The number of carbonyl (C=O) groups excluding carboxylic acids is 2. The van der Waals surface area contributed by atoms with Gasteiger partial charge in [-0.3, -0.25) is 9.59 Å². The molecule has 170 valence electrons. The lowest BCUT2D eigenvalue weighted by Crippen LogP contribution is -2.43. The van der Waals surface area contributed by atoms with Crippen LogP contribution in [-0.4, -0.2) is 41.8 Å². The van der Waals surface area contributed by atoms with Crippen LogP contribution >= 0.6 is 0 Å². The van der Waals surface area contributed by atoms with Crippen LogP contribution in [0.3, 0.4) is 0 Å². The summed E-state index contributed by atoms with van der Waals surface area (Å²) in [5.74, 6) is -1.32. The van der Waals surface area contributed by atoms with Gasteiger partial charge >= 0.3 is 12.1 Å². The first-order chi connectivity index (χ1) is 15.3. The van der Waals surface area contributed by atoms with Crippen molar-refractivity contribution in [3.05, 3.63) is 59.7 Å². The summed E-state index contributed by atoms with van der Waals surface area (Å²) in [5, 5.41) is 14.4. The number of carboxylic acid groups (broad SMARTS) is 1. The molecule has 2 amide bonds. The lowest BCUT2D eigenvalue weighted by Gasteiger charge is -2.22. The van der Waals surface area contributed by atoms with Crippen LogP contribution in [0.15, 0.2) is 48.5 Å². The minimum atomic E-state index is -0.964. The van der Waals surface area contributed by atoms with Gasteiger partial charge < -0.3 is 20.5 Å². The summed E-state index contributed by atoms with van der Waals surface area (Å²) in [7, 11) is 0. The average Bonchev–Trinajstić information content (AvgIpc) is 3.05. The van der Waals surface area contributed by atoms with Crippen molar-refractivity contribution >= 4 is 18.0 Å². The average molecular weight is 439 g/mol. The Labute approximate surface area is 188 Å². The molecule has 0 fully saturated rings. The summed E-state index contributed by atoms with van der Waals surface area (Å²) >= 11 is 0. The van der Waals surface area contributed by atoms with Gasteiger partial charge in [0.2, 0.25) is 5.91 Å². The first-order valence-corrected chi connectivity index (χ1v) is 10.9. The maximum absolute atomic E-state index is 12.3. The Hall–Kier alpha value is -3.35. The minimum Gasteiger partial charge on any atom is -0.481 e. The highest BCUT2D eigenvalue weighted by molar-refractivity contribution is 5.80. The summed E-state index contributed by atoms with van der Waals surface area (Å²) in [6, 6.07) is 15.3. The van der Waals surface area contributed by atoms with Crippen molar-refractivity contribution in [1.82, 2.24) is 10.6 Å². The van der Waals surface area contributed by atoms with E-state index in [1.807, 2.05) is 38.1 Å². The SMILES string of the molecule is CC(C)[C@@H](CC(=O)O)NC(=O)C[C@@H](C)NC(=O)OCC1c2ccccc2-c2ccccc21. The number of ether oxygens (including phenoxy) is 1. The summed E-state index contributed by atoms with van der Waals surface area (Å²) in [5.41, 5.74) is 4.57. The van der Waals surface area contributed by atoms with Gasteiger partial charge in [0.15, 0.2) is 0 Å². The van der Waals surface area contributed by atoms with Gasteiger partial charge in [-0.1, -0.05) is 62.4 Å². The maximum atomic E-state index is 12.3. The lowest BCUT2D eigenvalue weighted by atomic mass is 9.98. The molecule has 2 atom stereocenters. The smallest absolute Gasteiger partial charge is 0.407 e. The molecule has 2 aromatic carbocycles. The van der Waals surface area contributed by atoms with Crippen LogP contribution in [0.5, 0.6) is 0 Å². The van der Waals surface area contributed by atoms with Gasteiger partial charge in [0.25, 0.3) is 0 Å². The zero-order valence-electron chi connectivity index (χ0n) is 18.6. The molecule has 0 saturated heterocycles. The molecule has 0 aromatic heterocycles. The Kier molecular flexibility index (Phi) is 7.51. The molecule has 3 N–H and O–H groups in total.